The van der Waals surface area contributed by atoms with E-state index in [0.717, 1.165) is 10.9 Å². The number of epoxide rings is 1. The van der Waals surface area contributed by atoms with Crippen LogP contribution in [0.25, 0.3) is 0 Å². The van der Waals surface area contributed by atoms with Gasteiger partial charge in [-0.25, -0.2) is 4.79 Å². The molecule has 166 valence electrons. The number of rotatable bonds is 5. The van der Waals surface area contributed by atoms with Crippen LogP contribution in [-0.2, 0) is 19.9 Å². The van der Waals surface area contributed by atoms with Gasteiger partial charge in [-0.1, -0.05) is 47.5 Å². The minimum Gasteiger partial charge on any atom is -0.459 e. The molecule has 0 aromatic heterocycles. The first-order chi connectivity index (χ1) is 14.6. The summed E-state index contributed by atoms with van der Waals surface area (Å²) in [7, 11) is 6.39. The predicted molar refractivity (Wildman–Crippen MR) is 120 cm³/mol. The fraction of sp³-hybridized carbons (Fsp3) is 0.458. The van der Waals surface area contributed by atoms with Crippen molar-refractivity contribution in [2.24, 2.45) is 0 Å². The molecular weight excluding hydrogens is 437 g/mol. The molecule has 31 heavy (non-hydrogen) atoms. The molecule has 0 bridgehead atoms. The first-order valence-electron chi connectivity index (χ1n) is 10.5. The van der Waals surface area contributed by atoms with Crippen LogP contribution in [0.4, 0.5) is 0 Å². The summed E-state index contributed by atoms with van der Waals surface area (Å²) in [5.41, 5.74) is -1.17. The Bertz CT molecular complexity index is 894. The largest absolute Gasteiger partial charge is 0.459 e. The fourth-order valence-electron chi connectivity index (χ4n) is 4.48. The van der Waals surface area contributed by atoms with E-state index in [1.807, 2.05) is 0 Å². The molecule has 0 radical (unpaired) electrons. The molecule has 2 aliphatic rings. The number of quaternary nitrogens is 1. The van der Waals surface area contributed by atoms with Crippen LogP contribution in [0.15, 0.2) is 48.5 Å². The molecule has 4 atom stereocenters. The molecule has 1 aliphatic heterocycles. The van der Waals surface area contributed by atoms with Gasteiger partial charge in [-0.2, -0.15) is 0 Å². The van der Waals surface area contributed by atoms with Crippen LogP contribution in [0.3, 0.4) is 0 Å². The zero-order valence-corrected chi connectivity index (χ0v) is 19.4. The zero-order chi connectivity index (χ0) is 22.4. The van der Waals surface area contributed by atoms with Crippen LogP contribution in [0.1, 0.15) is 30.4 Å². The normalized spacial score (nSPS) is 26.0. The third kappa shape index (κ3) is 4.62. The Hall–Kier alpha value is -1.63. The van der Waals surface area contributed by atoms with E-state index in [1.54, 1.807) is 48.5 Å². The number of esters is 1. The van der Waals surface area contributed by atoms with E-state index in [1.165, 1.54) is 0 Å². The number of ether oxygens (including phenoxy) is 2. The second-order valence-corrected chi connectivity index (χ2v) is 10.3. The monoisotopic (exact) mass is 464 g/mol. The molecular formula is C24H28Cl2NO4+. The highest BCUT2D eigenvalue weighted by Gasteiger charge is 2.54. The van der Waals surface area contributed by atoms with Crippen LogP contribution in [-0.4, -0.2) is 61.1 Å². The van der Waals surface area contributed by atoms with Crippen molar-refractivity contribution in [1.82, 2.24) is 0 Å². The van der Waals surface area contributed by atoms with Crippen molar-refractivity contribution >= 4 is 29.2 Å². The number of benzene rings is 2. The van der Waals surface area contributed by atoms with Crippen molar-refractivity contribution in [2.45, 2.75) is 49.2 Å². The van der Waals surface area contributed by atoms with Gasteiger partial charge in [0.05, 0.1) is 27.2 Å². The minimum absolute atomic E-state index is 0.204. The summed E-state index contributed by atoms with van der Waals surface area (Å²) in [5, 5.41) is 12.7. The maximum Gasteiger partial charge on any atom is 0.347 e. The molecule has 1 saturated heterocycles. The molecule has 0 spiro atoms. The van der Waals surface area contributed by atoms with Crippen molar-refractivity contribution < 1.29 is 23.9 Å². The SMILES string of the molecule is C[N+](C)(C)C1C[C@H](OC(=O)C(O)(c2ccc(Cl)cc2)c2ccc(Cl)cc2)CC[C@H]2OC12. The molecule has 2 unspecified atom stereocenters. The van der Waals surface area contributed by atoms with Crippen LogP contribution in [0.5, 0.6) is 0 Å². The minimum atomic E-state index is -1.97. The van der Waals surface area contributed by atoms with E-state index in [0.29, 0.717) is 34.0 Å². The van der Waals surface area contributed by atoms with Gasteiger partial charge in [-0.05, 0) is 48.2 Å². The lowest BCUT2D eigenvalue weighted by atomic mass is 9.86. The molecule has 2 fully saturated rings. The van der Waals surface area contributed by atoms with E-state index in [2.05, 4.69) is 21.1 Å². The number of hydrogen-bond acceptors (Lipinski definition) is 4. The zero-order valence-electron chi connectivity index (χ0n) is 17.9. The van der Waals surface area contributed by atoms with Gasteiger partial charge in [0.15, 0.2) is 0 Å². The van der Waals surface area contributed by atoms with E-state index in [4.69, 9.17) is 32.7 Å². The molecule has 4 rings (SSSR count). The molecule has 5 nitrogen and oxygen atoms in total. The number of halogens is 2. The summed E-state index contributed by atoms with van der Waals surface area (Å²) in [5.74, 6) is -0.696. The van der Waals surface area contributed by atoms with E-state index < -0.39 is 11.6 Å². The summed E-state index contributed by atoms with van der Waals surface area (Å²) >= 11 is 12.1. The number of likely N-dealkylation sites (N-methyl/N-ethyl adjacent to an activating group) is 1. The van der Waals surface area contributed by atoms with Crippen molar-refractivity contribution in [3.8, 4) is 0 Å². The lowest BCUT2D eigenvalue weighted by Crippen LogP contribution is -2.50. The number of carbonyl (C=O) groups excluding carboxylic acids is 1. The maximum absolute atomic E-state index is 13.5. The fourth-order valence-corrected chi connectivity index (χ4v) is 4.74. The molecule has 1 saturated carbocycles. The summed E-state index contributed by atoms with van der Waals surface area (Å²) in [4.78, 5) is 13.5. The van der Waals surface area contributed by atoms with Crippen molar-refractivity contribution in [3.05, 3.63) is 69.7 Å². The topological polar surface area (TPSA) is 59.1 Å². The highest BCUT2D eigenvalue weighted by atomic mass is 35.5. The summed E-state index contributed by atoms with van der Waals surface area (Å²) in [6.07, 6.45) is 2.39. The molecule has 2 aromatic carbocycles. The van der Waals surface area contributed by atoms with Crippen molar-refractivity contribution in [2.75, 3.05) is 21.1 Å². The first-order valence-corrected chi connectivity index (χ1v) is 11.3. The average Bonchev–Trinajstić information content (AvgIpc) is 3.49. The Labute approximate surface area is 193 Å². The molecule has 1 N–H and O–H groups in total. The summed E-state index contributed by atoms with van der Waals surface area (Å²) < 4.78 is 12.6. The van der Waals surface area contributed by atoms with Crippen LogP contribution < -0.4 is 0 Å². The second-order valence-electron chi connectivity index (χ2n) is 9.39. The van der Waals surface area contributed by atoms with Gasteiger partial charge < -0.3 is 19.1 Å². The molecule has 0 amide bonds. The lowest BCUT2D eigenvalue weighted by molar-refractivity contribution is -0.897. The predicted octanol–water partition coefficient (Wildman–Crippen LogP) is 4.17. The average molecular weight is 465 g/mol. The lowest BCUT2D eigenvalue weighted by Gasteiger charge is -2.35. The molecule has 1 heterocycles. The Kier molecular flexibility index (Phi) is 6.10. The van der Waals surface area contributed by atoms with Gasteiger partial charge in [0, 0.05) is 16.5 Å². The molecule has 2 aromatic rings. The summed E-state index contributed by atoms with van der Waals surface area (Å²) in [6.45, 7) is 0. The Morgan fingerprint density at radius 3 is 2.00 bits per heavy atom. The van der Waals surface area contributed by atoms with Crippen LogP contribution >= 0.6 is 23.2 Å². The Balaban J connectivity index is 1.63. The van der Waals surface area contributed by atoms with E-state index in [-0.39, 0.29) is 24.4 Å². The molecule has 1 aliphatic carbocycles. The number of fused-ring (bicyclic) bond motifs is 1. The third-order valence-corrected chi connectivity index (χ3v) is 6.87. The van der Waals surface area contributed by atoms with Gasteiger partial charge in [0.25, 0.3) is 0 Å². The van der Waals surface area contributed by atoms with Gasteiger partial charge in [-0.15, -0.1) is 0 Å². The number of hydrogen-bond donors (Lipinski definition) is 1. The smallest absolute Gasteiger partial charge is 0.347 e. The number of carbonyl (C=O) groups is 1. The Morgan fingerprint density at radius 1 is 1.00 bits per heavy atom. The van der Waals surface area contributed by atoms with Gasteiger partial charge in [-0.3, -0.25) is 0 Å². The van der Waals surface area contributed by atoms with Gasteiger partial charge >= 0.3 is 5.97 Å². The van der Waals surface area contributed by atoms with Crippen LogP contribution in [0.2, 0.25) is 10.0 Å². The molecule has 7 heteroatoms. The highest BCUT2D eigenvalue weighted by molar-refractivity contribution is 6.30. The number of aliphatic hydroxyl groups is 1. The first kappa shape index (κ1) is 22.6. The van der Waals surface area contributed by atoms with Crippen molar-refractivity contribution in [1.29, 1.82) is 0 Å². The number of nitrogens with zero attached hydrogens (tertiary/aromatic N) is 1. The van der Waals surface area contributed by atoms with Gasteiger partial charge in [0.2, 0.25) is 5.60 Å². The quantitative estimate of drug-likeness (QED) is 0.409. The van der Waals surface area contributed by atoms with Gasteiger partial charge in [0.1, 0.15) is 18.2 Å². The van der Waals surface area contributed by atoms with E-state index >= 15 is 0 Å². The highest BCUT2D eigenvalue weighted by Crippen LogP contribution is 2.41. The Morgan fingerprint density at radius 2 is 1.52 bits per heavy atom. The maximum atomic E-state index is 13.5. The standard InChI is InChI=1S/C24H28Cl2NO4/c1-27(2,3)20-14-19(12-13-21-22(20)31-21)30-23(28)24(29,15-4-8-17(25)9-5-15)16-6-10-18(26)11-7-16/h4-11,19-22,29H,12-14H2,1-3H3/q+1/t19-,20?,21-,22?/m1/s1. The van der Waals surface area contributed by atoms with Crippen molar-refractivity contribution in [3.63, 3.8) is 0 Å². The third-order valence-electron chi connectivity index (χ3n) is 6.37. The summed E-state index contributed by atoms with van der Waals surface area (Å²) in [6, 6.07) is 13.4. The van der Waals surface area contributed by atoms with Crippen LogP contribution in [0, 0.1) is 0 Å². The second kappa shape index (κ2) is 8.38. The van der Waals surface area contributed by atoms with E-state index in [9.17, 15) is 9.90 Å².